The Morgan fingerprint density at radius 1 is 1.60 bits per heavy atom. The summed E-state index contributed by atoms with van der Waals surface area (Å²) in [4.78, 5) is 25.0. The third kappa shape index (κ3) is 1.82. The van der Waals surface area contributed by atoms with E-state index < -0.39 is 11.2 Å². The van der Waals surface area contributed by atoms with Crippen molar-refractivity contribution in [2.45, 2.75) is 6.42 Å². The summed E-state index contributed by atoms with van der Waals surface area (Å²) in [5, 5.41) is 10.7. The molecule has 1 fully saturated rings. The number of hydrogen-bond donors (Lipinski definition) is 0. The van der Waals surface area contributed by atoms with E-state index in [4.69, 9.17) is 11.6 Å². The molecule has 2 rings (SSSR count). The maximum Gasteiger partial charge on any atom is 0.272 e. The van der Waals surface area contributed by atoms with Crippen molar-refractivity contribution in [2.24, 2.45) is 13.0 Å². The normalized spacial score (nSPS) is 21.1. The second kappa shape index (κ2) is 3.58. The lowest BCUT2D eigenvalue weighted by Crippen LogP contribution is -2.26. The van der Waals surface area contributed by atoms with E-state index in [1.165, 1.54) is 9.70 Å². The van der Waals surface area contributed by atoms with Crippen LogP contribution in [0.25, 0.3) is 0 Å². The van der Waals surface area contributed by atoms with Gasteiger partial charge in [-0.1, -0.05) is 5.10 Å². The van der Waals surface area contributed by atoms with Crippen molar-refractivity contribution in [3.63, 3.8) is 0 Å². The summed E-state index contributed by atoms with van der Waals surface area (Å²) >= 11 is 5.33. The van der Waals surface area contributed by atoms with Crippen molar-refractivity contribution in [3.8, 4) is 0 Å². The quantitative estimate of drug-likeness (QED) is 0.628. The Morgan fingerprint density at radius 2 is 2.33 bits per heavy atom. The molecule has 1 aliphatic rings. The van der Waals surface area contributed by atoms with E-state index in [0.717, 1.165) is 0 Å². The van der Waals surface area contributed by atoms with Gasteiger partial charge in [0.15, 0.2) is 0 Å². The Morgan fingerprint density at radius 3 is 2.80 bits per heavy atom. The highest BCUT2D eigenvalue weighted by molar-refractivity contribution is 6.64. The molecule has 15 heavy (non-hydrogen) atoms. The van der Waals surface area contributed by atoms with Gasteiger partial charge in [0.25, 0.3) is 5.95 Å². The van der Waals surface area contributed by atoms with E-state index in [1.54, 1.807) is 7.05 Å². The van der Waals surface area contributed by atoms with Crippen LogP contribution < -0.4 is 4.90 Å². The smallest absolute Gasteiger partial charge is 0.272 e. The SMILES string of the molecule is Cn1nnc(N2C[C@@H](C(=O)Cl)CC2=O)n1. The molecule has 0 saturated carbocycles. The van der Waals surface area contributed by atoms with Gasteiger partial charge in [0.1, 0.15) is 0 Å². The number of tetrazole rings is 1. The van der Waals surface area contributed by atoms with Gasteiger partial charge in [0.05, 0.1) is 13.0 Å². The number of rotatable bonds is 2. The molecule has 1 saturated heterocycles. The lowest BCUT2D eigenvalue weighted by atomic mass is 10.1. The summed E-state index contributed by atoms with van der Waals surface area (Å²) in [6.45, 7) is 0.229. The molecule has 0 aliphatic carbocycles. The number of anilines is 1. The molecule has 1 atom stereocenters. The van der Waals surface area contributed by atoms with Crippen LogP contribution in [0.3, 0.4) is 0 Å². The van der Waals surface area contributed by atoms with Crippen molar-refractivity contribution < 1.29 is 9.59 Å². The van der Waals surface area contributed by atoms with Gasteiger partial charge in [-0.05, 0) is 16.8 Å². The first-order chi connectivity index (χ1) is 7.08. The Balaban J connectivity index is 2.18. The number of nitrogens with zero attached hydrogens (tertiary/aromatic N) is 5. The molecule has 0 unspecified atom stereocenters. The molecule has 1 aliphatic heterocycles. The molecule has 2 heterocycles. The average molecular weight is 230 g/mol. The Labute approximate surface area is 90.0 Å². The lowest BCUT2D eigenvalue weighted by Gasteiger charge is -2.09. The zero-order valence-corrected chi connectivity index (χ0v) is 8.68. The molecule has 1 aromatic heterocycles. The van der Waals surface area contributed by atoms with E-state index in [0.29, 0.717) is 0 Å². The summed E-state index contributed by atoms with van der Waals surface area (Å²) in [5.74, 6) is -0.465. The fraction of sp³-hybridized carbons (Fsp3) is 0.571. The van der Waals surface area contributed by atoms with Gasteiger partial charge >= 0.3 is 0 Å². The number of amides is 1. The number of aromatic nitrogens is 4. The second-order valence-electron chi connectivity index (χ2n) is 3.29. The molecule has 8 heteroatoms. The summed E-state index contributed by atoms with van der Waals surface area (Å²) in [7, 11) is 1.60. The van der Waals surface area contributed by atoms with Crippen molar-refractivity contribution in [1.29, 1.82) is 0 Å². The number of carbonyl (C=O) groups is 2. The number of carbonyl (C=O) groups excluding carboxylic acids is 2. The van der Waals surface area contributed by atoms with Crippen LogP contribution in [0.5, 0.6) is 0 Å². The predicted octanol–water partition coefficient (Wildman–Crippen LogP) is -0.672. The molecular weight excluding hydrogens is 222 g/mol. The maximum absolute atomic E-state index is 11.5. The minimum absolute atomic E-state index is 0.112. The second-order valence-corrected chi connectivity index (χ2v) is 3.66. The van der Waals surface area contributed by atoms with E-state index in [9.17, 15) is 9.59 Å². The first-order valence-corrected chi connectivity index (χ1v) is 4.69. The zero-order chi connectivity index (χ0) is 11.0. The van der Waals surface area contributed by atoms with Crippen LogP contribution in [-0.2, 0) is 16.6 Å². The molecule has 0 N–H and O–H groups in total. The van der Waals surface area contributed by atoms with Gasteiger partial charge in [-0.2, -0.15) is 4.80 Å². The van der Waals surface area contributed by atoms with Crippen molar-refractivity contribution >= 4 is 28.7 Å². The van der Waals surface area contributed by atoms with Crippen LogP contribution in [0.1, 0.15) is 6.42 Å². The topological polar surface area (TPSA) is 81.0 Å². The van der Waals surface area contributed by atoms with Crippen LogP contribution in [0, 0.1) is 5.92 Å². The fourth-order valence-electron chi connectivity index (χ4n) is 1.44. The summed E-state index contributed by atoms with van der Waals surface area (Å²) in [5.41, 5.74) is 0. The molecule has 80 valence electrons. The Hall–Kier alpha value is -1.50. The van der Waals surface area contributed by atoms with E-state index in [1.807, 2.05) is 0 Å². The Bertz CT molecular complexity index is 417. The summed E-state index contributed by atoms with van der Waals surface area (Å²) in [6, 6.07) is 0. The van der Waals surface area contributed by atoms with Gasteiger partial charge in [-0.3, -0.25) is 14.5 Å². The van der Waals surface area contributed by atoms with Crippen LogP contribution in [0.2, 0.25) is 0 Å². The molecule has 0 bridgehead atoms. The lowest BCUT2D eigenvalue weighted by molar-refractivity contribution is -0.120. The van der Waals surface area contributed by atoms with Crippen molar-refractivity contribution in [1.82, 2.24) is 20.2 Å². The highest BCUT2D eigenvalue weighted by Crippen LogP contribution is 2.22. The molecule has 1 amide bonds. The highest BCUT2D eigenvalue weighted by Gasteiger charge is 2.36. The largest absolute Gasteiger partial charge is 0.281 e. The third-order valence-corrected chi connectivity index (χ3v) is 2.49. The molecular formula is C7H8ClN5O2. The van der Waals surface area contributed by atoms with Gasteiger partial charge < -0.3 is 0 Å². The molecule has 0 radical (unpaired) electrons. The number of aryl methyl sites for hydroxylation is 1. The predicted molar refractivity (Wildman–Crippen MR) is 50.1 cm³/mol. The first kappa shape index (κ1) is 10.0. The van der Waals surface area contributed by atoms with Crippen LogP contribution in [-0.4, -0.2) is 37.9 Å². The van der Waals surface area contributed by atoms with E-state index >= 15 is 0 Å². The van der Waals surface area contributed by atoms with Gasteiger partial charge in [-0.25, -0.2) is 0 Å². The van der Waals surface area contributed by atoms with Crippen LogP contribution >= 0.6 is 11.6 Å². The standard InChI is InChI=1S/C7H8ClN5O2/c1-12-10-7(9-11-12)13-3-4(6(8)15)2-5(13)14/h4H,2-3H2,1H3/t4-/m0/s1. The average Bonchev–Trinajstić information content (AvgIpc) is 2.71. The van der Waals surface area contributed by atoms with E-state index in [-0.39, 0.29) is 24.8 Å². The molecule has 1 aromatic rings. The van der Waals surface area contributed by atoms with Crippen LogP contribution in [0.15, 0.2) is 0 Å². The number of halogens is 1. The van der Waals surface area contributed by atoms with Crippen molar-refractivity contribution in [2.75, 3.05) is 11.4 Å². The molecule has 0 aromatic carbocycles. The highest BCUT2D eigenvalue weighted by atomic mass is 35.5. The minimum Gasteiger partial charge on any atom is -0.281 e. The van der Waals surface area contributed by atoms with Gasteiger partial charge in [0, 0.05) is 13.0 Å². The molecule has 0 spiro atoms. The van der Waals surface area contributed by atoms with Gasteiger partial charge in [-0.15, -0.1) is 5.10 Å². The summed E-state index contributed by atoms with van der Waals surface area (Å²) < 4.78 is 0. The monoisotopic (exact) mass is 229 g/mol. The van der Waals surface area contributed by atoms with Crippen LogP contribution in [0.4, 0.5) is 5.95 Å². The zero-order valence-electron chi connectivity index (χ0n) is 7.92. The first-order valence-electron chi connectivity index (χ1n) is 4.31. The minimum atomic E-state index is -0.505. The summed E-state index contributed by atoms with van der Waals surface area (Å²) in [6.07, 6.45) is 0.112. The Kier molecular flexibility index (Phi) is 2.39. The maximum atomic E-state index is 11.5. The van der Waals surface area contributed by atoms with E-state index in [2.05, 4.69) is 15.4 Å². The fourth-order valence-corrected chi connectivity index (χ4v) is 1.58. The number of hydrogen-bond acceptors (Lipinski definition) is 5. The molecule has 7 nitrogen and oxygen atoms in total. The van der Waals surface area contributed by atoms with Crippen molar-refractivity contribution in [3.05, 3.63) is 0 Å². The third-order valence-electron chi connectivity index (χ3n) is 2.19. The van der Waals surface area contributed by atoms with Gasteiger partial charge in [0.2, 0.25) is 11.1 Å².